The van der Waals surface area contributed by atoms with E-state index in [-0.39, 0.29) is 36.5 Å². The van der Waals surface area contributed by atoms with Crippen LogP contribution in [0.1, 0.15) is 59.0 Å². The minimum Gasteiger partial charge on any atom is -0.463 e. The van der Waals surface area contributed by atoms with E-state index in [1.54, 1.807) is 45.0 Å². The zero-order valence-electron chi connectivity index (χ0n) is 26.8. The predicted octanol–water partition coefficient (Wildman–Crippen LogP) is 2.33. The lowest BCUT2D eigenvalue weighted by atomic mass is 10.1. The average molecular weight is 656 g/mol. The Bertz CT molecular complexity index is 1600. The molecular formula is C31H37N5O11. The molecule has 2 aromatic heterocycles. The summed E-state index contributed by atoms with van der Waals surface area (Å²) in [5.41, 5.74) is 0.623. The highest BCUT2D eigenvalue weighted by Crippen LogP contribution is 2.36. The van der Waals surface area contributed by atoms with E-state index >= 15 is 0 Å². The Labute approximate surface area is 270 Å². The number of aromatic nitrogens is 4. The van der Waals surface area contributed by atoms with Gasteiger partial charge in [0.1, 0.15) is 42.8 Å². The molecule has 1 aliphatic rings. The number of ether oxygens (including phenoxy) is 6. The van der Waals surface area contributed by atoms with Crippen LogP contribution < -0.4 is 5.32 Å². The fourth-order valence-electron chi connectivity index (χ4n) is 4.82. The third-order valence-electron chi connectivity index (χ3n) is 6.65. The van der Waals surface area contributed by atoms with E-state index in [0.29, 0.717) is 0 Å². The summed E-state index contributed by atoms with van der Waals surface area (Å²) in [6.45, 7) is 8.31. The van der Waals surface area contributed by atoms with Crippen molar-refractivity contribution in [2.24, 2.45) is 0 Å². The van der Waals surface area contributed by atoms with Crippen LogP contribution in [0, 0.1) is 0 Å². The topological polar surface area (TPSA) is 196 Å². The number of nitrogens with one attached hydrogen (secondary N) is 1. The van der Waals surface area contributed by atoms with Crippen molar-refractivity contribution in [1.82, 2.24) is 24.8 Å². The molecule has 5 atom stereocenters. The molecule has 1 amide bonds. The van der Waals surface area contributed by atoms with Gasteiger partial charge >= 0.3 is 30.0 Å². The molecule has 4 rings (SSSR count). The Morgan fingerprint density at radius 2 is 1.60 bits per heavy atom. The standard InChI is InChI=1S/C31H37N5O11/c1-17(37)42-14-23-25(44-18(2)38)26(45-19(3)39)28(46-23)36-16-34-24-21(32-15-33-27(24)36)12-22(35-30(41)47-31(4,5)6)29(40)43-13-20-10-8-7-9-11-20/h7-11,15-16,22-23,25-26,28H,12-14H2,1-6H3,(H,35,41)/t22-,23+,25+,26+,28+/m0/s1. The number of hydrogen-bond donors (Lipinski definition) is 1. The summed E-state index contributed by atoms with van der Waals surface area (Å²) < 4.78 is 34.5. The SMILES string of the molecule is CC(=O)OC[C@H]1O[C@@H](n2cnc3c(C[C@H](NC(=O)OC(C)(C)C)C(=O)OCc4ccccc4)ncnc32)[C@H](OC(C)=O)[C@@H]1OC(C)=O. The predicted molar refractivity (Wildman–Crippen MR) is 160 cm³/mol. The lowest BCUT2D eigenvalue weighted by molar-refractivity contribution is -0.166. The zero-order chi connectivity index (χ0) is 34.3. The Morgan fingerprint density at radius 3 is 2.23 bits per heavy atom. The molecule has 0 saturated carbocycles. The molecule has 0 spiro atoms. The van der Waals surface area contributed by atoms with Gasteiger partial charge in [0, 0.05) is 27.2 Å². The first-order chi connectivity index (χ1) is 22.2. The van der Waals surface area contributed by atoms with Crippen molar-refractivity contribution in [2.45, 2.75) is 90.8 Å². The number of imidazole rings is 1. The molecule has 3 heterocycles. The molecule has 0 unspecified atom stereocenters. The van der Waals surface area contributed by atoms with Gasteiger partial charge in [-0.1, -0.05) is 30.3 Å². The van der Waals surface area contributed by atoms with E-state index in [1.807, 2.05) is 6.07 Å². The summed E-state index contributed by atoms with van der Waals surface area (Å²) in [7, 11) is 0. The van der Waals surface area contributed by atoms with Crippen LogP contribution in [-0.4, -0.2) is 86.1 Å². The van der Waals surface area contributed by atoms with Crippen LogP contribution in [0.5, 0.6) is 0 Å². The van der Waals surface area contributed by atoms with Crippen LogP contribution in [0.2, 0.25) is 0 Å². The Balaban J connectivity index is 1.65. The van der Waals surface area contributed by atoms with Gasteiger partial charge in [-0.05, 0) is 26.3 Å². The maximum atomic E-state index is 13.3. The number of amides is 1. The largest absolute Gasteiger partial charge is 0.463 e. The first kappa shape index (κ1) is 34.7. The van der Waals surface area contributed by atoms with Crippen LogP contribution in [-0.2, 0) is 60.6 Å². The van der Waals surface area contributed by atoms with Crippen molar-refractivity contribution >= 4 is 41.1 Å². The van der Waals surface area contributed by atoms with Crippen LogP contribution in [0.15, 0.2) is 43.0 Å². The third kappa shape index (κ3) is 9.45. The highest BCUT2D eigenvalue weighted by atomic mass is 16.7. The minimum absolute atomic E-state index is 0.0332. The zero-order valence-corrected chi connectivity index (χ0v) is 26.8. The van der Waals surface area contributed by atoms with E-state index in [9.17, 15) is 24.0 Å². The third-order valence-corrected chi connectivity index (χ3v) is 6.65. The smallest absolute Gasteiger partial charge is 0.408 e. The van der Waals surface area contributed by atoms with E-state index in [0.717, 1.165) is 5.56 Å². The molecule has 1 saturated heterocycles. The number of alkyl carbamates (subject to hydrolysis) is 1. The van der Waals surface area contributed by atoms with Crippen LogP contribution in [0.4, 0.5) is 4.79 Å². The molecule has 1 aromatic carbocycles. The first-order valence-corrected chi connectivity index (χ1v) is 14.7. The van der Waals surface area contributed by atoms with Crippen molar-refractivity contribution in [3.63, 3.8) is 0 Å². The van der Waals surface area contributed by atoms with Gasteiger partial charge in [0.2, 0.25) is 0 Å². The number of rotatable bonds is 11. The summed E-state index contributed by atoms with van der Waals surface area (Å²) in [4.78, 5) is 74.7. The first-order valence-electron chi connectivity index (χ1n) is 14.7. The average Bonchev–Trinajstić information content (AvgIpc) is 3.55. The van der Waals surface area contributed by atoms with Crippen molar-refractivity contribution < 1.29 is 52.4 Å². The van der Waals surface area contributed by atoms with Crippen LogP contribution in [0.25, 0.3) is 11.2 Å². The summed E-state index contributed by atoms with van der Waals surface area (Å²) in [5, 5.41) is 2.56. The van der Waals surface area contributed by atoms with Gasteiger partial charge in [0.05, 0.1) is 12.0 Å². The second-order valence-electron chi connectivity index (χ2n) is 11.7. The second-order valence-corrected chi connectivity index (χ2v) is 11.7. The van der Waals surface area contributed by atoms with E-state index in [1.165, 1.54) is 38.0 Å². The molecule has 252 valence electrons. The fraction of sp³-hybridized carbons (Fsp3) is 0.484. The van der Waals surface area contributed by atoms with Crippen molar-refractivity contribution in [3.8, 4) is 0 Å². The molecule has 0 bridgehead atoms. The van der Waals surface area contributed by atoms with E-state index in [2.05, 4.69) is 20.3 Å². The second kappa shape index (κ2) is 15.0. The number of nitrogens with zero attached hydrogens (tertiary/aromatic N) is 4. The number of benzene rings is 1. The molecule has 1 N–H and O–H groups in total. The highest BCUT2D eigenvalue weighted by Gasteiger charge is 2.51. The van der Waals surface area contributed by atoms with Gasteiger partial charge in [-0.2, -0.15) is 0 Å². The molecule has 16 nitrogen and oxygen atoms in total. The number of carbonyl (C=O) groups is 5. The molecule has 0 aliphatic carbocycles. The van der Waals surface area contributed by atoms with Gasteiger partial charge in [0.15, 0.2) is 24.1 Å². The number of esters is 4. The lowest BCUT2D eigenvalue weighted by Crippen LogP contribution is -2.45. The summed E-state index contributed by atoms with van der Waals surface area (Å²) in [5.74, 6) is -2.69. The summed E-state index contributed by atoms with van der Waals surface area (Å²) in [6, 6.07) is 7.80. The monoisotopic (exact) mass is 655 g/mol. The normalized spacial score (nSPS) is 19.8. The van der Waals surface area contributed by atoms with Crippen LogP contribution in [0.3, 0.4) is 0 Å². The van der Waals surface area contributed by atoms with Crippen molar-refractivity contribution in [1.29, 1.82) is 0 Å². The number of hydrogen-bond acceptors (Lipinski definition) is 14. The summed E-state index contributed by atoms with van der Waals surface area (Å²) in [6.07, 6.45) is -2.86. The highest BCUT2D eigenvalue weighted by molar-refractivity contribution is 5.83. The van der Waals surface area contributed by atoms with Crippen molar-refractivity contribution in [2.75, 3.05) is 6.61 Å². The maximum Gasteiger partial charge on any atom is 0.408 e. The molecule has 0 radical (unpaired) electrons. The maximum absolute atomic E-state index is 13.3. The molecule has 1 aliphatic heterocycles. The quantitative estimate of drug-likeness (QED) is 0.233. The van der Waals surface area contributed by atoms with Gasteiger partial charge in [0.25, 0.3) is 0 Å². The van der Waals surface area contributed by atoms with E-state index in [4.69, 9.17) is 28.4 Å². The van der Waals surface area contributed by atoms with Crippen LogP contribution >= 0.6 is 0 Å². The van der Waals surface area contributed by atoms with Gasteiger partial charge in [-0.3, -0.25) is 19.0 Å². The molecule has 3 aromatic rings. The number of carbonyl (C=O) groups excluding carboxylic acids is 5. The Kier molecular flexibility index (Phi) is 11.1. The summed E-state index contributed by atoms with van der Waals surface area (Å²) >= 11 is 0. The van der Waals surface area contributed by atoms with Gasteiger partial charge < -0.3 is 33.7 Å². The molecule has 1 fully saturated rings. The molecule has 47 heavy (non-hydrogen) atoms. The molecular weight excluding hydrogens is 618 g/mol. The van der Waals surface area contributed by atoms with E-state index < -0.39 is 66.2 Å². The fourth-order valence-corrected chi connectivity index (χ4v) is 4.82. The van der Waals surface area contributed by atoms with Gasteiger partial charge in [-0.15, -0.1) is 0 Å². The lowest BCUT2D eigenvalue weighted by Gasteiger charge is -2.24. The van der Waals surface area contributed by atoms with Crippen molar-refractivity contribution in [3.05, 3.63) is 54.2 Å². The van der Waals surface area contributed by atoms with Gasteiger partial charge in [-0.25, -0.2) is 24.5 Å². The Morgan fingerprint density at radius 1 is 0.915 bits per heavy atom. The minimum atomic E-state index is -1.23. The Hall–Kier alpha value is -5.12. The molecule has 16 heteroatoms. The number of fused-ring (bicyclic) bond motifs is 1.